The summed E-state index contributed by atoms with van der Waals surface area (Å²) in [5.41, 5.74) is 2.32. The fourth-order valence-electron chi connectivity index (χ4n) is 2.64. The number of hydrogen-bond donors (Lipinski definition) is 2. The molecule has 0 fully saturated rings. The third-order valence-electron chi connectivity index (χ3n) is 3.88. The summed E-state index contributed by atoms with van der Waals surface area (Å²) in [5.74, 6) is 0.604. The molecule has 2 N–H and O–H groups in total. The van der Waals surface area contributed by atoms with Crippen LogP contribution in [0.3, 0.4) is 0 Å². The lowest BCUT2D eigenvalue weighted by atomic mass is 10.2. The number of aromatic amines is 1. The van der Waals surface area contributed by atoms with E-state index in [2.05, 4.69) is 20.0 Å². The third kappa shape index (κ3) is 5.37. The van der Waals surface area contributed by atoms with E-state index in [1.165, 1.54) is 18.2 Å². The van der Waals surface area contributed by atoms with Gasteiger partial charge in [0.1, 0.15) is 11.6 Å². The van der Waals surface area contributed by atoms with Crippen LogP contribution in [0.1, 0.15) is 17.8 Å². The van der Waals surface area contributed by atoms with Gasteiger partial charge in [0, 0.05) is 24.6 Å². The number of carbonyl (C=O) groups is 1. The van der Waals surface area contributed by atoms with Crippen molar-refractivity contribution in [3.63, 3.8) is 0 Å². The molecule has 0 aliphatic rings. The topological polar surface area (TPSA) is 67.0 Å². The summed E-state index contributed by atoms with van der Waals surface area (Å²) < 4.78 is 29.2. The zero-order valence-electron chi connectivity index (χ0n) is 14.5. The number of imidazole rings is 1. The predicted molar refractivity (Wildman–Crippen MR) is 99.5 cm³/mol. The molecule has 5 nitrogen and oxygen atoms in total. The quantitative estimate of drug-likeness (QED) is 0.466. The number of rotatable bonds is 8. The highest BCUT2D eigenvalue weighted by molar-refractivity contribution is 5.92. The van der Waals surface area contributed by atoms with Crippen molar-refractivity contribution in [1.29, 1.82) is 0 Å². The van der Waals surface area contributed by atoms with Gasteiger partial charge in [0.15, 0.2) is 0 Å². The maximum atomic E-state index is 12.4. The van der Waals surface area contributed by atoms with Crippen LogP contribution in [0.25, 0.3) is 17.1 Å². The van der Waals surface area contributed by atoms with Crippen LogP contribution in [0.5, 0.6) is 5.75 Å². The van der Waals surface area contributed by atoms with Gasteiger partial charge in [0.25, 0.3) is 0 Å². The molecular weight excluding hydrogens is 352 g/mol. The smallest absolute Gasteiger partial charge is 0.387 e. The summed E-state index contributed by atoms with van der Waals surface area (Å²) in [5, 5.41) is 2.76. The zero-order valence-corrected chi connectivity index (χ0v) is 14.5. The number of amides is 1. The molecular formula is C20H19F2N3O2. The number of H-pyrrole nitrogens is 1. The van der Waals surface area contributed by atoms with E-state index in [9.17, 15) is 13.6 Å². The van der Waals surface area contributed by atoms with Gasteiger partial charge in [-0.3, -0.25) is 4.79 Å². The summed E-state index contributed by atoms with van der Waals surface area (Å²) in [6, 6.07) is 14.1. The summed E-state index contributed by atoms with van der Waals surface area (Å²) in [4.78, 5) is 19.6. The average Bonchev–Trinajstić information content (AvgIpc) is 3.07. The lowest BCUT2D eigenvalue weighted by Crippen LogP contribution is -2.22. The fraction of sp³-hybridized carbons (Fsp3) is 0.200. The first-order valence-electron chi connectivity index (χ1n) is 8.55. The second-order valence-corrected chi connectivity index (χ2v) is 5.84. The van der Waals surface area contributed by atoms with Gasteiger partial charge in [-0.2, -0.15) is 8.78 Å². The minimum atomic E-state index is -2.91. The fourth-order valence-corrected chi connectivity index (χ4v) is 2.64. The van der Waals surface area contributed by atoms with Crippen LogP contribution in [0.2, 0.25) is 0 Å². The van der Waals surface area contributed by atoms with E-state index in [4.69, 9.17) is 0 Å². The number of ether oxygens (including phenoxy) is 1. The number of fused-ring (bicyclic) bond motifs is 1. The molecule has 140 valence electrons. The van der Waals surface area contributed by atoms with Crippen molar-refractivity contribution in [1.82, 2.24) is 15.3 Å². The molecule has 0 radical (unpaired) electrons. The second kappa shape index (κ2) is 8.93. The molecule has 3 aromatic rings. The molecule has 0 spiro atoms. The van der Waals surface area contributed by atoms with Crippen molar-refractivity contribution in [3.05, 3.63) is 66.0 Å². The van der Waals surface area contributed by atoms with Gasteiger partial charge in [0.05, 0.1) is 11.0 Å². The zero-order chi connectivity index (χ0) is 19.1. The molecule has 0 saturated carbocycles. The van der Waals surface area contributed by atoms with E-state index in [-0.39, 0.29) is 11.7 Å². The molecule has 0 saturated heterocycles. The first-order chi connectivity index (χ1) is 13.1. The standard InChI is InChI=1S/C20H19F2N3O2/c21-20(22)27-17-9-4-1-6-14(17)11-12-19(26)23-13-5-10-18-24-15-7-2-3-8-16(15)25-18/h1-4,6-9,11-12,20H,5,10,13H2,(H,23,26)(H,24,25). The van der Waals surface area contributed by atoms with Crippen molar-refractivity contribution in [3.8, 4) is 5.75 Å². The molecule has 3 rings (SSSR count). The largest absolute Gasteiger partial charge is 0.434 e. The lowest BCUT2D eigenvalue weighted by Gasteiger charge is -2.07. The number of aryl methyl sites for hydroxylation is 1. The van der Waals surface area contributed by atoms with Crippen LogP contribution >= 0.6 is 0 Å². The number of nitrogens with one attached hydrogen (secondary N) is 2. The first kappa shape index (κ1) is 18.6. The Balaban J connectivity index is 1.46. The Hall–Kier alpha value is -3.22. The molecule has 27 heavy (non-hydrogen) atoms. The van der Waals surface area contributed by atoms with Crippen LogP contribution in [0, 0.1) is 0 Å². The molecule has 0 unspecified atom stereocenters. The summed E-state index contributed by atoms with van der Waals surface area (Å²) in [7, 11) is 0. The summed E-state index contributed by atoms with van der Waals surface area (Å²) >= 11 is 0. The molecule has 0 aliphatic heterocycles. The minimum Gasteiger partial charge on any atom is -0.434 e. The Morgan fingerprint density at radius 1 is 1.19 bits per heavy atom. The molecule has 0 atom stereocenters. The monoisotopic (exact) mass is 371 g/mol. The highest BCUT2D eigenvalue weighted by Gasteiger charge is 2.07. The maximum Gasteiger partial charge on any atom is 0.387 e. The molecule has 7 heteroatoms. The number of carbonyl (C=O) groups excluding carboxylic acids is 1. The van der Waals surface area contributed by atoms with Crippen LogP contribution < -0.4 is 10.1 Å². The van der Waals surface area contributed by atoms with Crippen LogP contribution in [-0.2, 0) is 11.2 Å². The van der Waals surface area contributed by atoms with Crippen molar-refractivity contribution < 1.29 is 18.3 Å². The second-order valence-electron chi connectivity index (χ2n) is 5.84. The van der Waals surface area contributed by atoms with Crippen molar-refractivity contribution in [2.24, 2.45) is 0 Å². The van der Waals surface area contributed by atoms with E-state index >= 15 is 0 Å². The number of alkyl halides is 2. The van der Waals surface area contributed by atoms with E-state index < -0.39 is 6.61 Å². The van der Waals surface area contributed by atoms with Crippen LogP contribution in [-0.4, -0.2) is 29.0 Å². The first-order valence-corrected chi connectivity index (χ1v) is 8.55. The lowest BCUT2D eigenvalue weighted by molar-refractivity contribution is -0.116. The van der Waals surface area contributed by atoms with E-state index in [1.54, 1.807) is 18.2 Å². The normalized spacial score (nSPS) is 11.4. The van der Waals surface area contributed by atoms with Crippen molar-refractivity contribution in [2.75, 3.05) is 6.54 Å². The predicted octanol–water partition coefficient (Wildman–Crippen LogP) is 3.93. The van der Waals surface area contributed by atoms with Gasteiger partial charge < -0.3 is 15.0 Å². The molecule has 1 aromatic heterocycles. The molecule has 0 bridgehead atoms. The average molecular weight is 371 g/mol. The third-order valence-corrected chi connectivity index (χ3v) is 3.88. The number of benzene rings is 2. The van der Waals surface area contributed by atoms with Gasteiger partial charge in [-0.25, -0.2) is 4.98 Å². The van der Waals surface area contributed by atoms with Crippen LogP contribution in [0.15, 0.2) is 54.6 Å². The number of halogens is 2. The number of hydrogen-bond acceptors (Lipinski definition) is 3. The van der Waals surface area contributed by atoms with Gasteiger partial charge in [-0.15, -0.1) is 0 Å². The number of aromatic nitrogens is 2. The maximum absolute atomic E-state index is 12.4. The van der Waals surface area contributed by atoms with E-state index in [1.807, 2.05) is 24.3 Å². The van der Waals surface area contributed by atoms with Gasteiger partial charge in [-0.1, -0.05) is 30.3 Å². The Labute approximate surface area is 155 Å². The van der Waals surface area contributed by atoms with E-state index in [0.29, 0.717) is 18.5 Å². The molecule has 0 aliphatic carbocycles. The van der Waals surface area contributed by atoms with Crippen LogP contribution in [0.4, 0.5) is 8.78 Å². The van der Waals surface area contributed by atoms with Crippen molar-refractivity contribution in [2.45, 2.75) is 19.5 Å². The summed E-state index contributed by atoms with van der Waals surface area (Å²) in [6.45, 7) is -2.43. The summed E-state index contributed by atoms with van der Waals surface area (Å²) in [6.07, 6.45) is 4.19. The Bertz CT molecular complexity index is 905. The van der Waals surface area contributed by atoms with Gasteiger partial charge >= 0.3 is 6.61 Å². The molecule has 1 heterocycles. The number of nitrogens with zero attached hydrogens (tertiary/aromatic N) is 1. The molecule has 1 amide bonds. The Morgan fingerprint density at radius 2 is 1.96 bits per heavy atom. The molecule has 2 aromatic carbocycles. The van der Waals surface area contributed by atoms with Gasteiger partial charge in [-0.05, 0) is 30.7 Å². The highest BCUT2D eigenvalue weighted by Crippen LogP contribution is 2.21. The van der Waals surface area contributed by atoms with Crippen molar-refractivity contribution >= 4 is 23.0 Å². The minimum absolute atomic E-state index is 0.0291. The van der Waals surface area contributed by atoms with Gasteiger partial charge in [0.2, 0.25) is 5.91 Å². The number of para-hydroxylation sites is 3. The highest BCUT2D eigenvalue weighted by atomic mass is 19.3. The Kier molecular flexibility index (Phi) is 6.14. The SMILES string of the molecule is O=C(C=Cc1ccccc1OC(F)F)NCCCc1nc2ccccc2[nH]1. The van der Waals surface area contributed by atoms with E-state index in [0.717, 1.165) is 23.3 Å². The Morgan fingerprint density at radius 3 is 2.78 bits per heavy atom.